The first-order valence-electron chi connectivity index (χ1n) is 6.83. The van der Waals surface area contributed by atoms with Crippen LogP contribution in [0.25, 0.3) is 0 Å². The molecule has 1 atom stereocenters. The molecule has 0 unspecified atom stereocenters. The molecule has 22 heavy (non-hydrogen) atoms. The second-order valence-corrected chi connectivity index (χ2v) is 5.79. The first-order chi connectivity index (χ1) is 10.1. The number of nitrogens with zero attached hydrogens (tertiary/aromatic N) is 2. The molecule has 0 aliphatic rings. The van der Waals surface area contributed by atoms with Gasteiger partial charge in [0.25, 0.3) is 5.91 Å². The van der Waals surface area contributed by atoms with Gasteiger partial charge in [-0.3, -0.25) is 9.48 Å². The third-order valence-corrected chi connectivity index (χ3v) is 2.63. The molecule has 0 aromatic carbocycles. The van der Waals surface area contributed by atoms with Gasteiger partial charge in [0.1, 0.15) is 23.2 Å². The second-order valence-electron chi connectivity index (χ2n) is 5.79. The number of nitrogen functional groups attached to an aromatic ring is 1. The van der Waals surface area contributed by atoms with Crippen molar-refractivity contribution >= 4 is 23.5 Å². The molecule has 0 saturated heterocycles. The van der Waals surface area contributed by atoms with E-state index < -0.39 is 23.7 Å². The van der Waals surface area contributed by atoms with Gasteiger partial charge in [0.2, 0.25) is 0 Å². The Balaban J connectivity index is 2.36. The highest BCUT2D eigenvalue weighted by atomic mass is 16.6. The Morgan fingerprint density at radius 1 is 1.50 bits per heavy atom. The van der Waals surface area contributed by atoms with E-state index in [1.54, 1.807) is 27.8 Å². The Kier molecular flexibility index (Phi) is 5.75. The lowest BCUT2D eigenvalue weighted by Gasteiger charge is -2.20. The zero-order valence-corrected chi connectivity index (χ0v) is 13.2. The van der Waals surface area contributed by atoms with Crippen LogP contribution < -0.4 is 16.4 Å². The predicted molar refractivity (Wildman–Crippen MR) is 81.1 cm³/mol. The third-order valence-electron chi connectivity index (χ3n) is 2.63. The summed E-state index contributed by atoms with van der Waals surface area (Å²) in [5.74, 6) is -0.335. The number of ether oxygens (including phenoxy) is 1. The highest BCUT2D eigenvalue weighted by Gasteiger charge is 2.19. The number of anilines is 2. The molecule has 0 spiro atoms. The fourth-order valence-corrected chi connectivity index (χ4v) is 1.52. The number of carbonyl (C=O) groups excluding carboxylic acids is 2. The number of hydrogen-bond donors (Lipinski definition) is 4. The Morgan fingerprint density at radius 3 is 2.64 bits per heavy atom. The molecule has 1 aromatic heterocycles. The number of alkyl carbamates (subject to hydrolysis) is 1. The monoisotopic (exact) mass is 313 g/mol. The zero-order valence-electron chi connectivity index (χ0n) is 13.2. The van der Waals surface area contributed by atoms with Crippen molar-refractivity contribution in [2.45, 2.75) is 38.9 Å². The number of aromatic nitrogens is 2. The van der Waals surface area contributed by atoms with E-state index in [4.69, 9.17) is 10.5 Å². The van der Waals surface area contributed by atoms with Crippen molar-refractivity contribution in [3.63, 3.8) is 0 Å². The van der Waals surface area contributed by atoms with Gasteiger partial charge in [0, 0.05) is 13.6 Å². The van der Waals surface area contributed by atoms with Gasteiger partial charge in [0.15, 0.2) is 0 Å². The lowest BCUT2D eigenvalue weighted by Crippen LogP contribution is -2.36. The quantitative estimate of drug-likeness (QED) is 0.615. The van der Waals surface area contributed by atoms with E-state index in [9.17, 15) is 14.7 Å². The van der Waals surface area contributed by atoms with Gasteiger partial charge in [0.05, 0.1) is 6.20 Å². The molecule has 2 amide bonds. The molecular formula is C13H23N5O4. The van der Waals surface area contributed by atoms with Gasteiger partial charge in [-0.15, -0.1) is 0 Å². The predicted octanol–water partition coefficient (Wildman–Crippen LogP) is 0.217. The maximum Gasteiger partial charge on any atom is 0.407 e. The number of aliphatic hydroxyl groups excluding tert-OH is 1. The fourth-order valence-electron chi connectivity index (χ4n) is 1.52. The molecule has 1 aromatic rings. The van der Waals surface area contributed by atoms with Crippen LogP contribution in [0.5, 0.6) is 0 Å². The van der Waals surface area contributed by atoms with Gasteiger partial charge in [-0.25, -0.2) is 4.79 Å². The molecule has 0 aliphatic carbocycles. The number of carbonyl (C=O) groups is 2. The fraction of sp³-hybridized carbons (Fsp3) is 0.615. The van der Waals surface area contributed by atoms with E-state index in [1.165, 1.54) is 10.9 Å². The molecule has 0 saturated carbocycles. The Hall–Kier alpha value is -2.29. The van der Waals surface area contributed by atoms with Gasteiger partial charge in [-0.05, 0) is 27.2 Å². The average Bonchev–Trinajstić information content (AvgIpc) is 2.68. The van der Waals surface area contributed by atoms with Gasteiger partial charge in [-0.2, -0.15) is 5.10 Å². The summed E-state index contributed by atoms with van der Waals surface area (Å²) in [7, 11) is 1.63. The highest BCUT2D eigenvalue weighted by Crippen LogP contribution is 2.16. The maximum atomic E-state index is 11.8. The summed E-state index contributed by atoms with van der Waals surface area (Å²) >= 11 is 0. The average molecular weight is 313 g/mol. The van der Waals surface area contributed by atoms with E-state index in [-0.39, 0.29) is 18.8 Å². The first-order valence-corrected chi connectivity index (χ1v) is 6.83. The van der Waals surface area contributed by atoms with Gasteiger partial charge >= 0.3 is 6.09 Å². The largest absolute Gasteiger partial charge is 0.444 e. The molecule has 1 rings (SSSR count). The van der Waals surface area contributed by atoms with Crippen LogP contribution in [0.3, 0.4) is 0 Å². The molecule has 0 aliphatic heterocycles. The van der Waals surface area contributed by atoms with Crippen molar-refractivity contribution in [1.82, 2.24) is 15.1 Å². The van der Waals surface area contributed by atoms with E-state index >= 15 is 0 Å². The maximum absolute atomic E-state index is 11.8. The summed E-state index contributed by atoms with van der Waals surface area (Å²) in [6, 6.07) is 0. The summed E-state index contributed by atoms with van der Waals surface area (Å²) in [6.07, 6.45) is -0.449. The SMILES string of the molecule is Cn1ncc(NC(=O)[C@@H](O)CCNC(=O)OC(C)(C)C)c1N. The van der Waals surface area contributed by atoms with Crippen LogP contribution in [0, 0.1) is 0 Å². The van der Waals surface area contributed by atoms with E-state index in [1.807, 2.05) is 0 Å². The Bertz CT molecular complexity index is 535. The number of aryl methyl sites for hydroxylation is 1. The van der Waals surface area contributed by atoms with E-state index in [0.717, 1.165) is 0 Å². The molecular weight excluding hydrogens is 290 g/mol. The molecule has 0 bridgehead atoms. The summed E-state index contributed by atoms with van der Waals surface area (Å²) in [5.41, 5.74) is 5.41. The third kappa shape index (κ3) is 5.60. The topological polar surface area (TPSA) is 132 Å². The minimum atomic E-state index is -1.28. The lowest BCUT2D eigenvalue weighted by atomic mass is 10.2. The van der Waals surface area contributed by atoms with E-state index in [2.05, 4.69) is 15.7 Å². The number of aliphatic hydroxyl groups is 1. The van der Waals surface area contributed by atoms with Crippen molar-refractivity contribution in [2.75, 3.05) is 17.6 Å². The molecule has 124 valence electrons. The second kappa shape index (κ2) is 7.12. The molecule has 9 nitrogen and oxygen atoms in total. The van der Waals surface area contributed by atoms with Crippen molar-refractivity contribution in [3.8, 4) is 0 Å². The summed E-state index contributed by atoms with van der Waals surface area (Å²) in [5, 5.41) is 18.5. The lowest BCUT2D eigenvalue weighted by molar-refractivity contribution is -0.124. The highest BCUT2D eigenvalue weighted by molar-refractivity contribution is 5.96. The first kappa shape index (κ1) is 17.8. The summed E-state index contributed by atoms with van der Waals surface area (Å²) < 4.78 is 6.43. The van der Waals surface area contributed by atoms with E-state index in [0.29, 0.717) is 5.69 Å². The van der Waals surface area contributed by atoms with Crippen molar-refractivity contribution in [2.24, 2.45) is 7.05 Å². The molecule has 9 heteroatoms. The molecule has 1 heterocycles. The number of nitrogens with one attached hydrogen (secondary N) is 2. The molecule has 0 fully saturated rings. The van der Waals surface area contributed by atoms with Crippen molar-refractivity contribution in [1.29, 1.82) is 0 Å². The minimum Gasteiger partial charge on any atom is -0.444 e. The summed E-state index contributed by atoms with van der Waals surface area (Å²) in [4.78, 5) is 23.2. The number of rotatable bonds is 5. The van der Waals surface area contributed by atoms with Gasteiger partial charge < -0.3 is 26.2 Å². The zero-order chi connectivity index (χ0) is 16.9. The smallest absolute Gasteiger partial charge is 0.407 e. The molecule has 5 N–H and O–H groups in total. The van der Waals surface area contributed by atoms with Crippen molar-refractivity contribution in [3.05, 3.63) is 6.20 Å². The molecule has 0 radical (unpaired) electrons. The van der Waals surface area contributed by atoms with Crippen LogP contribution in [-0.2, 0) is 16.6 Å². The number of hydrogen-bond acceptors (Lipinski definition) is 6. The van der Waals surface area contributed by atoms with Crippen LogP contribution in [-0.4, -0.2) is 45.1 Å². The van der Waals surface area contributed by atoms with Gasteiger partial charge in [-0.1, -0.05) is 0 Å². The minimum absolute atomic E-state index is 0.0469. The standard InChI is InChI=1S/C13H23N5O4/c1-13(2,3)22-12(21)15-6-5-9(19)11(20)17-8-7-16-18(4)10(8)14/h7,9,19H,5-6,14H2,1-4H3,(H,15,21)(H,17,20)/t9-/m0/s1. The normalized spacial score (nSPS) is 12.6. The van der Waals surface area contributed by atoms with Crippen molar-refractivity contribution < 1.29 is 19.4 Å². The Morgan fingerprint density at radius 2 is 2.14 bits per heavy atom. The summed E-state index contributed by atoms with van der Waals surface area (Å²) in [6.45, 7) is 5.33. The Labute approximate surface area is 128 Å². The van der Waals surface area contributed by atoms with Crippen LogP contribution in [0.15, 0.2) is 6.20 Å². The van der Waals surface area contributed by atoms with Crippen LogP contribution in [0.1, 0.15) is 27.2 Å². The number of nitrogens with two attached hydrogens (primary N) is 1. The number of amides is 2. The van der Waals surface area contributed by atoms with Crippen LogP contribution in [0.4, 0.5) is 16.3 Å². The van der Waals surface area contributed by atoms with Crippen LogP contribution in [0.2, 0.25) is 0 Å². The van der Waals surface area contributed by atoms with Crippen LogP contribution >= 0.6 is 0 Å².